The van der Waals surface area contributed by atoms with Crippen LogP contribution in [0.3, 0.4) is 0 Å². The van der Waals surface area contributed by atoms with Crippen molar-refractivity contribution in [2.24, 2.45) is 0 Å². The van der Waals surface area contributed by atoms with Crippen LogP contribution < -0.4 is 9.47 Å². The maximum absolute atomic E-state index is 12.3. The van der Waals surface area contributed by atoms with E-state index in [0.717, 1.165) is 5.75 Å². The van der Waals surface area contributed by atoms with Crippen LogP contribution in [0.5, 0.6) is 11.5 Å². The van der Waals surface area contributed by atoms with E-state index in [1.54, 1.807) is 45.3 Å². The fourth-order valence-corrected chi connectivity index (χ4v) is 2.18. The zero-order valence-electron chi connectivity index (χ0n) is 14.4. The van der Waals surface area contributed by atoms with Gasteiger partial charge in [0.1, 0.15) is 23.8 Å². The zero-order chi connectivity index (χ0) is 18.4. The molecule has 1 aromatic heterocycles. The smallest absolute Gasteiger partial charge is 0.337 e. The lowest BCUT2D eigenvalue weighted by molar-refractivity contribution is 0.0692. The second-order valence-corrected chi connectivity index (χ2v) is 5.39. The second kappa shape index (κ2) is 8.14. The molecule has 132 valence electrons. The van der Waals surface area contributed by atoms with Gasteiger partial charge >= 0.3 is 5.97 Å². The van der Waals surface area contributed by atoms with Gasteiger partial charge in [-0.2, -0.15) is 0 Å². The van der Waals surface area contributed by atoms with Gasteiger partial charge < -0.3 is 19.5 Å². The predicted octanol–water partition coefficient (Wildman–Crippen LogP) is 2.25. The Labute approximate surface area is 145 Å². The summed E-state index contributed by atoms with van der Waals surface area (Å²) < 4.78 is 10.7. The van der Waals surface area contributed by atoms with Crippen molar-refractivity contribution in [3.63, 3.8) is 0 Å². The molecule has 1 heterocycles. The maximum atomic E-state index is 12.3. The number of carbonyl (C=O) groups is 2. The zero-order valence-corrected chi connectivity index (χ0v) is 14.4. The molecule has 0 unspecified atom stereocenters. The summed E-state index contributed by atoms with van der Waals surface area (Å²) >= 11 is 0. The van der Waals surface area contributed by atoms with Crippen LogP contribution in [-0.4, -0.2) is 54.2 Å². The third-order valence-corrected chi connectivity index (χ3v) is 3.64. The Morgan fingerprint density at radius 2 is 1.76 bits per heavy atom. The molecule has 0 aliphatic rings. The second-order valence-electron chi connectivity index (χ2n) is 5.39. The van der Waals surface area contributed by atoms with Gasteiger partial charge in [0.15, 0.2) is 0 Å². The van der Waals surface area contributed by atoms with Crippen molar-refractivity contribution in [1.82, 2.24) is 9.88 Å². The Kier molecular flexibility index (Phi) is 5.94. The van der Waals surface area contributed by atoms with Crippen molar-refractivity contribution in [3.05, 3.63) is 53.3 Å². The SMILES string of the molecule is COc1ccc(OCCN(C)C(=O)c2ccc(C(=O)O)c(C)n2)cc1. The average molecular weight is 344 g/mol. The van der Waals surface area contributed by atoms with Crippen molar-refractivity contribution in [2.75, 3.05) is 27.3 Å². The van der Waals surface area contributed by atoms with Crippen LogP contribution in [-0.2, 0) is 0 Å². The number of benzene rings is 1. The van der Waals surface area contributed by atoms with Gasteiger partial charge in [0.05, 0.1) is 24.9 Å². The maximum Gasteiger partial charge on any atom is 0.337 e. The molecule has 0 fully saturated rings. The number of rotatable bonds is 7. The number of ether oxygens (including phenoxy) is 2. The van der Waals surface area contributed by atoms with Crippen LogP contribution in [0.25, 0.3) is 0 Å². The van der Waals surface area contributed by atoms with E-state index in [4.69, 9.17) is 14.6 Å². The molecule has 0 bridgehead atoms. The summed E-state index contributed by atoms with van der Waals surface area (Å²) in [7, 11) is 3.23. The Morgan fingerprint density at radius 1 is 1.12 bits per heavy atom. The van der Waals surface area contributed by atoms with E-state index in [1.165, 1.54) is 17.0 Å². The Morgan fingerprint density at radius 3 is 2.32 bits per heavy atom. The molecule has 2 aromatic rings. The number of aryl methyl sites for hydroxylation is 1. The molecular weight excluding hydrogens is 324 g/mol. The molecule has 0 saturated heterocycles. The van der Waals surface area contributed by atoms with Crippen molar-refractivity contribution in [1.29, 1.82) is 0 Å². The summed E-state index contributed by atoms with van der Waals surface area (Å²) in [6, 6.07) is 9.97. The number of hydrogen-bond donors (Lipinski definition) is 1. The van der Waals surface area contributed by atoms with E-state index in [2.05, 4.69) is 4.98 Å². The number of carbonyl (C=O) groups excluding carboxylic acids is 1. The Hall–Kier alpha value is -3.09. The summed E-state index contributed by atoms with van der Waals surface area (Å²) in [4.78, 5) is 28.9. The number of nitrogens with zero attached hydrogens (tertiary/aromatic N) is 2. The largest absolute Gasteiger partial charge is 0.497 e. The summed E-state index contributed by atoms with van der Waals surface area (Å²) in [6.07, 6.45) is 0. The number of amides is 1. The van der Waals surface area contributed by atoms with Crippen LogP contribution in [0.4, 0.5) is 0 Å². The predicted molar refractivity (Wildman–Crippen MR) is 91.4 cm³/mol. The summed E-state index contributed by atoms with van der Waals surface area (Å²) in [6.45, 7) is 2.25. The monoisotopic (exact) mass is 344 g/mol. The number of pyridine rings is 1. The average Bonchev–Trinajstić information content (AvgIpc) is 2.61. The number of aromatic nitrogens is 1. The number of carboxylic acids is 1. The third kappa shape index (κ3) is 4.69. The Bertz CT molecular complexity index is 759. The molecule has 25 heavy (non-hydrogen) atoms. The standard InChI is InChI=1S/C18H20N2O5/c1-12-15(18(22)23)8-9-16(19-12)17(21)20(2)10-11-25-14-6-4-13(24-3)5-7-14/h4-9H,10-11H2,1-3H3,(H,22,23). The molecule has 1 aromatic carbocycles. The minimum atomic E-state index is -1.06. The third-order valence-electron chi connectivity index (χ3n) is 3.64. The molecule has 0 radical (unpaired) electrons. The molecular formula is C18H20N2O5. The highest BCUT2D eigenvalue weighted by molar-refractivity contribution is 5.94. The van der Waals surface area contributed by atoms with Gasteiger partial charge in [-0.3, -0.25) is 4.79 Å². The minimum absolute atomic E-state index is 0.0852. The van der Waals surface area contributed by atoms with Crippen LogP contribution in [0.2, 0.25) is 0 Å². The molecule has 7 nitrogen and oxygen atoms in total. The number of hydrogen-bond acceptors (Lipinski definition) is 5. The van der Waals surface area contributed by atoms with Crippen molar-refractivity contribution < 1.29 is 24.2 Å². The van der Waals surface area contributed by atoms with Gasteiger partial charge in [0, 0.05) is 7.05 Å². The molecule has 0 atom stereocenters. The first-order chi connectivity index (χ1) is 11.9. The van der Waals surface area contributed by atoms with E-state index in [0.29, 0.717) is 24.6 Å². The normalized spacial score (nSPS) is 10.2. The topological polar surface area (TPSA) is 89.0 Å². The van der Waals surface area contributed by atoms with Gasteiger partial charge in [-0.1, -0.05) is 0 Å². The van der Waals surface area contributed by atoms with E-state index >= 15 is 0 Å². The summed E-state index contributed by atoms with van der Waals surface area (Å²) in [5, 5.41) is 9.00. The van der Waals surface area contributed by atoms with Gasteiger partial charge in [0.2, 0.25) is 0 Å². The highest BCUT2D eigenvalue weighted by atomic mass is 16.5. The number of methoxy groups -OCH3 is 1. The first-order valence-corrected chi connectivity index (χ1v) is 7.65. The highest BCUT2D eigenvalue weighted by Gasteiger charge is 2.16. The highest BCUT2D eigenvalue weighted by Crippen LogP contribution is 2.17. The summed E-state index contributed by atoms with van der Waals surface area (Å²) in [5.41, 5.74) is 0.595. The fourth-order valence-electron chi connectivity index (χ4n) is 2.18. The van der Waals surface area contributed by atoms with E-state index < -0.39 is 5.97 Å². The first kappa shape index (κ1) is 18.3. The molecule has 0 spiro atoms. The van der Waals surface area contributed by atoms with Gasteiger partial charge in [-0.25, -0.2) is 9.78 Å². The molecule has 2 rings (SSSR count). The van der Waals surface area contributed by atoms with Gasteiger partial charge in [-0.05, 0) is 43.3 Å². The van der Waals surface area contributed by atoms with E-state index in [-0.39, 0.29) is 17.2 Å². The molecule has 7 heteroatoms. The Balaban J connectivity index is 1.91. The lowest BCUT2D eigenvalue weighted by Crippen LogP contribution is -2.31. The fraction of sp³-hybridized carbons (Fsp3) is 0.278. The molecule has 0 aliphatic heterocycles. The quantitative estimate of drug-likeness (QED) is 0.829. The lowest BCUT2D eigenvalue weighted by Gasteiger charge is -2.17. The number of aromatic carboxylic acids is 1. The van der Waals surface area contributed by atoms with Crippen LogP contribution in [0.15, 0.2) is 36.4 Å². The molecule has 0 aliphatic carbocycles. The van der Waals surface area contributed by atoms with Crippen molar-refractivity contribution in [3.8, 4) is 11.5 Å². The molecule has 0 saturated carbocycles. The van der Waals surface area contributed by atoms with Crippen molar-refractivity contribution in [2.45, 2.75) is 6.92 Å². The molecule has 1 N–H and O–H groups in total. The van der Waals surface area contributed by atoms with Crippen LogP contribution in [0, 0.1) is 6.92 Å². The van der Waals surface area contributed by atoms with Gasteiger partial charge in [0.25, 0.3) is 5.91 Å². The van der Waals surface area contributed by atoms with E-state index in [1.807, 2.05) is 0 Å². The number of likely N-dealkylation sites (N-methyl/N-ethyl adjacent to an activating group) is 1. The van der Waals surface area contributed by atoms with Gasteiger partial charge in [-0.15, -0.1) is 0 Å². The lowest BCUT2D eigenvalue weighted by atomic mass is 10.2. The van der Waals surface area contributed by atoms with Crippen molar-refractivity contribution >= 4 is 11.9 Å². The van der Waals surface area contributed by atoms with Crippen LogP contribution in [0.1, 0.15) is 26.5 Å². The molecule has 1 amide bonds. The number of carboxylic acid groups (broad SMARTS) is 1. The first-order valence-electron chi connectivity index (χ1n) is 7.65. The van der Waals surface area contributed by atoms with Crippen LogP contribution >= 0.6 is 0 Å². The van der Waals surface area contributed by atoms with E-state index in [9.17, 15) is 9.59 Å². The minimum Gasteiger partial charge on any atom is -0.497 e. The summed E-state index contributed by atoms with van der Waals surface area (Å²) in [5.74, 6) is 0.0657.